The van der Waals surface area contributed by atoms with E-state index in [-0.39, 0.29) is 12.0 Å². The van der Waals surface area contributed by atoms with E-state index in [9.17, 15) is 4.79 Å². The molecule has 0 aromatic carbocycles. The second-order valence-corrected chi connectivity index (χ2v) is 7.76. The number of nitrogens with zero attached hydrogens (tertiary/aromatic N) is 2. The molecule has 0 aromatic rings. The van der Waals surface area contributed by atoms with Gasteiger partial charge in [-0.3, -0.25) is 9.69 Å². The van der Waals surface area contributed by atoms with Gasteiger partial charge < -0.3 is 10.6 Å². The Labute approximate surface area is 128 Å². The fourth-order valence-electron chi connectivity index (χ4n) is 5.44. The molecule has 0 spiro atoms. The molecule has 4 aliphatic rings. The number of rotatable bonds is 2. The first-order chi connectivity index (χ1) is 10.2. The molecular weight excluding hydrogens is 262 g/mol. The fraction of sp³-hybridized carbons (Fsp3) is 0.941. The molecule has 118 valence electrons. The fourth-order valence-corrected chi connectivity index (χ4v) is 5.44. The molecule has 0 radical (unpaired) electrons. The van der Waals surface area contributed by atoms with Crippen LogP contribution in [0.15, 0.2) is 0 Å². The molecule has 4 fully saturated rings. The number of likely N-dealkylation sites (tertiary alicyclic amines) is 2. The van der Waals surface area contributed by atoms with Gasteiger partial charge in [-0.2, -0.15) is 0 Å². The first-order valence-corrected chi connectivity index (χ1v) is 9.02. The van der Waals surface area contributed by atoms with E-state index in [4.69, 9.17) is 5.73 Å². The minimum atomic E-state index is 0.142. The number of amides is 1. The average molecular weight is 291 g/mol. The predicted molar refractivity (Wildman–Crippen MR) is 82.7 cm³/mol. The number of hydrogen-bond donors (Lipinski definition) is 1. The van der Waals surface area contributed by atoms with E-state index in [1.54, 1.807) is 0 Å². The highest BCUT2D eigenvalue weighted by Crippen LogP contribution is 2.48. The zero-order valence-electron chi connectivity index (χ0n) is 13.0. The zero-order chi connectivity index (χ0) is 14.4. The second kappa shape index (κ2) is 5.54. The van der Waals surface area contributed by atoms with Crippen molar-refractivity contribution in [3.8, 4) is 0 Å². The maximum atomic E-state index is 12.9. The van der Waals surface area contributed by atoms with Gasteiger partial charge in [0.2, 0.25) is 5.91 Å². The van der Waals surface area contributed by atoms with Crippen LogP contribution in [-0.2, 0) is 4.79 Å². The van der Waals surface area contributed by atoms with Crippen molar-refractivity contribution in [2.24, 2.45) is 23.5 Å². The summed E-state index contributed by atoms with van der Waals surface area (Å²) in [4.78, 5) is 17.7. The Bertz CT molecular complexity index is 405. The summed E-state index contributed by atoms with van der Waals surface area (Å²) in [5.41, 5.74) is 6.35. The van der Waals surface area contributed by atoms with Crippen molar-refractivity contribution in [1.29, 1.82) is 0 Å². The molecule has 0 aromatic heterocycles. The Morgan fingerprint density at radius 1 is 0.952 bits per heavy atom. The van der Waals surface area contributed by atoms with E-state index < -0.39 is 0 Å². The second-order valence-electron chi connectivity index (χ2n) is 7.76. The Balaban J connectivity index is 1.38. The highest BCUT2D eigenvalue weighted by Gasteiger charge is 2.50. The molecule has 5 atom stereocenters. The largest absolute Gasteiger partial charge is 0.341 e. The standard InChI is InChI=1S/C17H29N3O/c18-16-13-5-4-12(10-13)15(16)17(21)20-9-6-14(11-20)19-7-2-1-3-8-19/h12-16H,1-11,18H2. The van der Waals surface area contributed by atoms with Gasteiger partial charge in [0.1, 0.15) is 0 Å². The highest BCUT2D eigenvalue weighted by molar-refractivity contribution is 5.81. The van der Waals surface area contributed by atoms with Crippen LogP contribution in [0.4, 0.5) is 0 Å². The van der Waals surface area contributed by atoms with Crippen molar-refractivity contribution in [1.82, 2.24) is 9.80 Å². The molecule has 1 amide bonds. The molecule has 5 unspecified atom stereocenters. The number of fused-ring (bicyclic) bond motifs is 2. The van der Waals surface area contributed by atoms with Gasteiger partial charge in [-0.15, -0.1) is 0 Å². The lowest BCUT2D eigenvalue weighted by Crippen LogP contribution is -2.47. The topological polar surface area (TPSA) is 49.6 Å². The maximum absolute atomic E-state index is 12.9. The number of carbonyl (C=O) groups excluding carboxylic acids is 1. The quantitative estimate of drug-likeness (QED) is 0.838. The van der Waals surface area contributed by atoms with Crippen molar-refractivity contribution < 1.29 is 4.79 Å². The lowest BCUT2D eigenvalue weighted by Gasteiger charge is -2.33. The van der Waals surface area contributed by atoms with E-state index in [2.05, 4.69) is 9.80 Å². The lowest BCUT2D eigenvalue weighted by atomic mass is 9.84. The first-order valence-electron chi connectivity index (χ1n) is 9.02. The summed E-state index contributed by atoms with van der Waals surface area (Å²) in [6, 6.07) is 0.759. The third-order valence-corrected chi connectivity index (χ3v) is 6.65. The van der Waals surface area contributed by atoms with Crippen molar-refractivity contribution in [3.05, 3.63) is 0 Å². The summed E-state index contributed by atoms with van der Waals surface area (Å²) in [6.07, 6.45) is 8.92. The molecule has 21 heavy (non-hydrogen) atoms. The smallest absolute Gasteiger partial charge is 0.227 e. The highest BCUT2D eigenvalue weighted by atomic mass is 16.2. The molecule has 2 saturated carbocycles. The number of piperidine rings is 1. The average Bonchev–Trinajstić information content (AvgIpc) is 3.23. The molecule has 2 saturated heterocycles. The zero-order valence-corrected chi connectivity index (χ0v) is 13.0. The van der Waals surface area contributed by atoms with Crippen LogP contribution in [0.1, 0.15) is 44.9 Å². The van der Waals surface area contributed by atoms with Crippen molar-refractivity contribution in [2.75, 3.05) is 26.2 Å². The Hall–Kier alpha value is -0.610. The van der Waals surface area contributed by atoms with Crippen molar-refractivity contribution >= 4 is 5.91 Å². The SMILES string of the molecule is NC1C2CCC(C2)C1C(=O)N1CCC(N2CCCCC2)C1. The van der Waals surface area contributed by atoms with Crippen LogP contribution in [0.25, 0.3) is 0 Å². The summed E-state index contributed by atoms with van der Waals surface area (Å²) in [6.45, 7) is 4.39. The van der Waals surface area contributed by atoms with Gasteiger partial charge in [-0.25, -0.2) is 0 Å². The number of hydrogen-bond acceptors (Lipinski definition) is 3. The Morgan fingerprint density at radius 2 is 1.71 bits per heavy atom. The summed E-state index contributed by atoms with van der Waals surface area (Å²) in [7, 11) is 0. The van der Waals surface area contributed by atoms with E-state index >= 15 is 0 Å². The molecule has 2 bridgehead atoms. The maximum Gasteiger partial charge on any atom is 0.227 e. The van der Waals surface area contributed by atoms with Crippen LogP contribution >= 0.6 is 0 Å². The summed E-state index contributed by atoms with van der Waals surface area (Å²) >= 11 is 0. The molecule has 2 aliphatic heterocycles. The number of carbonyl (C=O) groups is 1. The van der Waals surface area contributed by atoms with Crippen LogP contribution in [0, 0.1) is 17.8 Å². The van der Waals surface area contributed by atoms with E-state index in [0.29, 0.717) is 23.8 Å². The third-order valence-electron chi connectivity index (χ3n) is 6.65. The van der Waals surface area contributed by atoms with Crippen molar-refractivity contribution in [2.45, 2.75) is 57.0 Å². The van der Waals surface area contributed by atoms with E-state index in [1.165, 1.54) is 58.0 Å². The van der Waals surface area contributed by atoms with Gasteiger partial charge >= 0.3 is 0 Å². The van der Waals surface area contributed by atoms with Gasteiger partial charge in [0.25, 0.3) is 0 Å². The van der Waals surface area contributed by atoms with Gasteiger partial charge in [0.05, 0.1) is 5.92 Å². The minimum absolute atomic E-state index is 0.142. The summed E-state index contributed by atoms with van der Waals surface area (Å²) in [5, 5.41) is 0. The van der Waals surface area contributed by atoms with Gasteiger partial charge in [0, 0.05) is 25.2 Å². The first kappa shape index (κ1) is 14.0. The molecule has 4 heteroatoms. The molecule has 4 nitrogen and oxygen atoms in total. The molecule has 2 N–H and O–H groups in total. The van der Waals surface area contributed by atoms with Crippen LogP contribution in [0.5, 0.6) is 0 Å². The normalized spacial score (nSPS) is 43.7. The summed E-state index contributed by atoms with van der Waals surface area (Å²) < 4.78 is 0. The Morgan fingerprint density at radius 3 is 2.43 bits per heavy atom. The van der Waals surface area contributed by atoms with Gasteiger partial charge in [0.15, 0.2) is 0 Å². The molecular formula is C17H29N3O. The monoisotopic (exact) mass is 291 g/mol. The number of nitrogens with two attached hydrogens (primary N) is 1. The minimum Gasteiger partial charge on any atom is -0.341 e. The van der Waals surface area contributed by atoms with Crippen LogP contribution in [0.2, 0.25) is 0 Å². The molecule has 2 heterocycles. The predicted octanol–water partition coefficient (Wildman–Crippen LogP) is 1.45. The molecule has 4 rings (SSSR count). The van der Waals surface area contributed by atoms with Crippen LogP contribution in [0.3, 0.4) is 0 Å². The van der Waals surface area contributed by atoms with E-state index in [1.807, 2.05) is 0 Å². The van der Waals surface area contributed by atoms with Crippen LogP contribution < -0.4 is 5.73 Å². The molecule has 2 aliphatic carbocycles. The van der Waals surface area contributed by atoms with Crippen LogP contribution in [-0.4, -0.2) is 54.0 Å². The van der Waals surface area contributed by atoms with Gasteiger partial charge in [-0.05, 0) is 63.5 Å². The summed E-state index contributed by atoms with van der Waals surface area (Å²) in [5.74, 6) is 1.74. The lowest BCUT2D eigenvalue weighted by molar-refractivity contribution is -0.136. The van der Waals surface area contributed by atoms with Gasteiger partial charge in [-0.1, -0.05) is 6.42 Å². The van der Waals surface area contributed by atoms with E-state index in [0.717, 1.165) is 13.1 Å². The third kappa shape index (κ3) is 2.40. The van der Waals surface area contributed by atoms with Crippen molar-refractivity contribution in [3.63, 3.8) is 0 Å². The Kier molecular flexibility index (Phi) is 3.70.